The molecule has 1 heterocycles. The van der Waals surface area contributed by atoms with Gasteiger partial charge in [-0.3, -0.25) is 15.0 Å². The summed E-state index contributed by atoms with van der Waals surface area (Å²) in [5.74, 6) is -0.910. The van der Waals surface area contributed by atoms with E-state index in [9.17, 15) is 14.0 Å². The molecule has 3 rings (SSSR count). The van der Waals surface area contributed by atoms with E-state index in [1.165, 1.54) is 12.1 Å². The van der Waals surface area contributed by atoms with Gasteiger partial charge in [-0.2, -0.15) is 0 Å². The van der Waals surface area contributed by atoms with Gasteiger partial charge in [-0.05, 0) is 49.7 Å². The number of benzene rings is 2. The fourth-order valence-corrected chi connectivity index (χ4v) is 3.39. The lowest BCUT2D eigenvalue weighted by molar-refractivity contribution is -0.119. The average molecular weight is 384 g/mol. The van der Waals surface area contributed by atoms with Gasteiger partial charge in [-0.1, -0.05) is 18.2 Å². The number of halogens is 1. The molecule has 6 nitrogen and oxygen atoms in total. The Morgan fingerprint density at radius 3 is 2.54 bits per heavy atom. The monoisotopic (exact) mass is 384 g/mol. The van der Waals surface area contributed by atoms with Crippen LogP contribution in [0.4, 0.5) is 10.1 Å². The van der Waals surface area contributed by atoms with E-state index < -0.39 is 0 Å². The van der Waals surface area contributed by atoms with Gasteiger partial charge in [-0.15, -0.1) is 0 Å². The Balaban J connectivity index is 1.73. The van der Waals surface area contributed by atoms with Crippen molar-refractivity contribution in [3.8, 4) is 0 Å². The lowest BCUT2D eigenvalue weighted by Crippen LogP contribution is -2.31. The summed E-state index contributed by atoms with van der Waals surface area (Å²) >= 11 is 0. The second kappa shape index (κ2) is 8.95. The Kier molecular flexibility index (Phi) is 6.38. The minimum atomic E-state index is -0.368. The first-order valence-electron chi connectivity index (χ1n) is 9.47. The van der Waals surface area contributed by atoms with Crippen molar-refractivity contribution in [1.82, 2.24) is 15.8 Å². The predicted molar refractivity (Wildman–Crippen MR) is 106 cm³/mol. The van der Waals surface area contributed by atoms with Crippen LogP contribution in [0.15, 0.2) is 48.5 Å². The number of hydrogen-bond acceptors (Lipinski definition) is 4. The van der Waals surface area contributed by atoms with E-state index in [0.29, 0.717) is 30.9 Å². The van der Waals surface area contributed by atoms with Crippen LogP contribution in [0.3, 0.4) is 0 Å². The summed E-state index contributed by atoms with van der Waals surface area (Å²) in [6.45, 7) is 5.58. The number of rotatable bonds is 6. The Labute approximate surface area is 164 Å². The normalized spacial score (nSPS) is 18.7. The van der Waals surface area contributed by atoms with Crippen molar-refractivity contribution in [3.05, 3.63) is 65.5 Å². The maximum Gasteiger partial charge on any atom is 0.253 e. The Bertz CT molecular complexity index is 837. The number of hydrogen-bond donors (Lipinski definition) is 3. The van der Waals surface area contributed by atoms with E-state index in [1.54, 1.807) is 41.3 Å². The number of nitrogens with one attached hydrogen (secondary N) is 3. The lowest BCUT2D eigenvalue weighted by Gasteiger charge is -2.20. The molecule has 2 amide bonds. The molecule has 7 heteroatoms. The molecule has 2 unspecified atom stereocenters. The molecule has 1 aliphatic rings. The minimum Gasteiger partial charge on any atom is -0.339 e. The first-order valence-corrected chi connectivity index (χ1v) is 9.47. The zero-order chi connectivity index (χ0) is 20.1. The van der Waals surface area contributed by atoms with Gasteiger partial charge < -0.3 is 10.2 Å². The fourth-order valence-electron chi connectivity index (χ4n) is 3.39. The number of amides is 2. The lowest BCUT2D eigenvalue weighted by atomic mass is 9.94. The second-order valence-corrected chi connectivity index (χ2v) is 6.71. The summed E-state index contributed by atoms with van der Waals surface area (Å²) in [7, 11) is 0. The highest BCUT2D eigenvalue weighted by Crippen LogP contribution is 2.26. The quantitative estimate of drug-likeness (QED) is 0.716. The molecule has 1 fully saturated rings. The number of nitrogens with zero attached hydrogens (tertiary/aromatic N) is 1. The van der Waals surface area contributed by atoms with Crippen molar-refractivity contribution in [2.75, 3.05) is 25.0 Å². The largest absolute Gasteiger partial charge is 0.339 e. The topological polar surface area (TPSA) is 73.5 Å². The third-order valence-corrected chi connectivity index (χ3v) is 4.98. The third kappa shape index (κ3) is 4.37. The fraction of sp³-hybridized carbons (Fsp3) is 0.333. The van der Waals surface area contributed by atoms with Gasteiger partial charge in [0, 0.05) is 30.9 Å². The number of carbonyl (C=O) groups excluding carboxylic acids is 2. The van der Waals surface area contributed by atoms with Gasteiger partial charge in [-0.25, -0.2) is 9.82 Å². The molecule has 1 saturated heterocycles. The van der Waals surface area contributed by atoms with Crippen molar-refractivity contribution in [2.45, 2.75) is 19.9 Å². The molecule has 2 atom stereocenters. The molecule has 0 radical (unpaired) electrons. The van der Waals surface area contributed by atoms with E-state index in [4.69, 9.17) is 0 Å². The first kappa shape index (κ1) is 20.0. The van der Waals surface area contributed by atoms with Gasteiger partial charge in [0.1, 0.15) is 5.82 Å². The van der Waals surface area contributed by atoms with Crippen molar-refractivity contribution < 1.29 is 14.0 Å². The highest BCUT2D eigenvalue weighted by Gasteiger charge is 2.34. The maximum atomic E-state index is 13.2. The first-order chi connectivity index (χ1) is 13.5. The van der Waals surface area contributed by atoms with Crippen LogP contribution in [-0.4, -0.2) is 36.3 Å². The number of anilines is 1. The molecule has 148 valence electrons. The molecule has 2 aromatic carbocycles. The zero-order valence-corrected chi connectivity index (χ0v) is 16.0. The summed E-state index contributed by atoms with van der Waals surface area (Å²) in [4.78, 5) is 27.1. The van der Waals surface area contributed by atoms with Crippen LogP contribution in [0.25, 0.3) is 0 Å². The summed E-state index contributed by atoms with van der Waals surface area (Å²) < 4.78 is 13.2. The maximum absolute atomic E-state index is 13.2. The van der Waals surface area contributed by atoms with Crippen LogP contribution >= 0.6 is 0 Å². The van der Waals surface area contributed by atoms with E-state index in [2.05, 4.69) is 16.2 Å². The van der Waals surface area contributed by atoms with Crippen LogP contribution in [0.5, 0.6) is 0 Å². The Hall–Kier alpha value is -2.77. The molecular weight excluding hydrogens is 359 g/mol. The molecule has 3 N–H and O–H groups in total. The smallest absolute Gasteiger partial charge is 0.253 e. The van der Waals surface area contributed by atoms with E-state index in [-0.39, 0.29) is 29.6 Å². The van der Waals surface area contributed by atoms with Gasteiger partial charge in [0.25, 0.3) is 5.91 Å². The minimum absolute atomic E-state index is 0.0607. The SMILES string of the molecule is CCN(CC)C(=O)c1cccc(NC(=O)C2CNNC2c2ccc(F)cc2)c1. The van der Waals surface area contributed by atoms with Crippen LogP contribution in [-0.2, 0) is 4.79 Å². The van der Waals surface area contributed by atoms with Gasteiger partial charge in [0.2, 0.25) is 5.91 Å². The van der Waals surface area contributed by atoms with Gasteiger partial charge in [0.15, 0.2) is 0 Å². The Morgan fingerprint density at radius 2 is 1.86 bits per heavy atom. The van der Waals surface area contributed by atoms with Crippen LogP contribution in [0.1, 0.15) is 35.8 Å². The molecular formula is C21H25FN4O2. The molecule has 1 aliphatic heterocycles. The van der Waals surface area contributed by atoms with Crippen molar-refractivity contribution in [2.24, 2.45) is 5.92 Å². The van der Waals surface area contributed by atoms with Gasteiger partial charge >= 0.3 is 0 Å². The molecule has 2 aromatic rings. The van der Waals surface area contributed by atoms with Gasteiger partial charge in [0.05, 0.1) is 12.0 Å². The van der Waals surface area contributed by atoms with E-state index >= 15 is 0 Å². The summed E-state index contributed by atoms with van der Waals surface area (Å²) in [5.41, 5.74) is 8.02. The van der Waals surface area contributed by atoms with Crippen LogP contribution in [0.2, 0.25) is 0 Å². The highest BCUT2D eigenvalue weighted by atomic mass is 19.1. The third-order valence-electron chi connectivity index (χ3n) is 4.98. The number of carbonyl (C=O) groups is 2. The molecule has 0 bridgehead atoms. The zero-order valence-electron chi connectivity index (χ0n) is 16.0. The van der Waals surface area contributed by atoms with E-state index in [0.717, 1.165) is 5.56 Å². The standard InChI is InChI=1S/C21H25FN4O2/c1-3-26(4-2)21(28)15-6-5-7-17(12-15)24-20(27)18-13-23-25-19(18)14-8-10-16(22)11-9-14/h5-12,18-19,23,25H,3-4,13H2,1-2H3,(H,24,27). The van der Waals surface area contributed by atoms with Crippen molar-refractivity contribution in [3.63, 3.8) is 0 Å². The van der Waals surface area contributed by atoms with Crippen LogP contribution in [0, 0.1) is 11.7 Å². The average Bonchev–Trinajstić information content (AvgIpc) is 3.19. The summed E-state index contributed by atoms with van der Waals surface area (Å²) in [5, 5.41) is 2.90. The molecule has 0 spiro atoms. The van der Waals surface area contributed by atoms with Crippen molar-refractivity contribution >= 4 is 17.5 Å². The molecule has 0 aliphatic carbocycles. The number of hydrazine groups is 1. The molecule has 28 heavy (non-hydrogen) atoms. The second-order valence-electron chi connectivity index (χ2n) is 6.71. The Morgan fingerprint density at radius 1 is 1.14 bits per heavy atom. The molecule has 0 saturated carbocycles. The summed E-state index contributed by atoms with van der Waals surface area (Å²) in [6, 6.07) is 12.8. The predicted octanol–water partition coefficient (Wildman–Crippen LogP) is 2.71. The van der Waals surface area contributed by atoms with E-state index in [1.807, 2.05) is 13.8 Å². The highest BCUT2D eigenvalue weighted by molar-refractivity contribution is 5.98. The summed E-state index contributed by atoms with van der Waals surface area (Å²) in [6.07, 6.45) is 0. The molecule has 0 aromatic heterocycles. The van der Waals surface area contributed by atoms with Crippen molar-refractivity contribution in [1.29, 1.82) is 0 Å². The van der Waals surface area contributed by atoms with Crippen LogP contribution < -0.4 is 16.2 Å².